The van der Waals surface area contributed by atoms with Crippen LogP contribution in [0, 0.1) is 5.82 Å². The van der Waals surface area contributed by atoms with Crippen molar-refractivity contribution in [2.75, 3.05) is 19.9 Å². The van der Waals surface area contributed by atoms with Crippen LogP contribution in [0.15, 0.2) is 42.5 Å². The number of likely N-dealkylation sites (tertiary alicyclic amines) is 1. The van der Waals surface area contributed by atoms with E-state index in [2.05, 4.69) is 0 Å². The zero-order valence-corrected chi connectivity index (χ0v) is 12.5. The third-order valence-corrected chi connectivity index (χ3v) is 4.45. The van der Waals surface area contributed by atoms with Crippen molar-refractivity contribution in [1.82, 2.24) is 4.90 Å². The van der Waals surface area contributed by atoms with E-state index < -0.39 is 5.82 Å². The van der Waals surface area contributed by atoms with Crippen LogP contribution < -0.4 is 9.47 Å². The average molecular weight is 313 g/mol. The van der Waals surface area contributed by atoms with Gasteiger partial charge in [-0.3, -0.25) is 4.79 Å². The van der Waals surface area contributed by atoms with E-state index in [9.17, 15) is 9.18 Å². The Bertz CT molecular complexity index is 762. The maximum absolute atomic E-state index is 13.8. The highest BCUT2D eigenvalue weighted by Gasteiger charge is 2.30. The predicted molar refractivity (Wildman–Crippen MR) is 82.2 cm³/mol. The van der Waals surface area contributed by atoms with Gasteiger partial charge in [0.2, 0.25) is 6.79 Å². The molecular formula is C18H16FNO3. The number of carbonyl (C=O) groups is 1. The Balaban J connectivity index is 1.51. The fourth-order valence-electron chi connectivity index (χ4n) is 3.19. The first-order valence-corrected chi connectivity index (χ1v) is 7.66. The summed E-state index contributed by atoms with van der Waals surface area (Å²) in [6.45, 7) is 1.47. The summed E-state index contributed by atoms with van der Waals surface area (Å²) < 4.78 is 24.5. The van der Waals surface area contributed by atoms with Crippen molar-refractivity contribution in [1.29, 1.82) is 0 Å². The number of rotatable bonds is 2. The quantitative estimate of drug-likeness (QED) is 0.855. The molecular weight excluding hydrogens is 297 g/mol. The lowest BCUT2D eigenvalue weighted by molar-refractivity contribution is 0.0786. The van der Waals surface area contributed by atoms with Crippen LogP contribution in [0.1, 0.15) is 28.3 Å². The summed E-state index contributed by atoms with van der Waals surface area (Å²) in [7, 11) is 0. The monoisotopic (exact) mass is 313 g/mol. The van der Waals surface area contributed by atoms with Crippen LogP contribution in [0.4, 0.5) is 4.39 Å². The van der Waals surface area contributed by atoms with E-state index in [0.717, 1.165) is 23.5 Å². The van der Waals surface area contributed by atoms with Gasteiger partial charge in [0.25, 0.3) is 5.91 Å². The minimum absolute atomic E-state index is 0.138. The summed E-state index contributed by atoms with van der Waals surface area (Å²) in [6.07, 6.45) is 0.861. The molecule has 4 nitrogen and oxygen atoms in total. The van der Waals surface area contributed by atoms with Crippen molar-refractivity contribution >= 4 is 5.91 Å². The SMILES string of the molecule is O=C(c1ccccc1F)N1CCC(c2ccc3c(c2)OCO3)C1. The van der Waals surface area contributed by atoms with Gasteiger partial charge in [0.1, 0.15) is 5.82 Å². The van der Waals surface area contributed by atoms with Crippen LogP contribution in [-0.2, 0) is 0 Å². The highest BCUT2D eigenvalue weighted by Crippen LogP contribution is 2.37. The van der Waals surface area contributed by atoms with Crippen molar-refractivity contribution in [2.45, 2.75) is 12.3 Å². The van der Waals surface area contributed by atoms with Gasteiger partial charge in [-0.15, -0.1) is 0 Å². The number of benzene rings is 2. The van der Waals surface area contributed by atoms with E-state index in [1.54, 1.807) is 17.0 Å². The van der Waals surface area contributed by atoms with Gasteiger partial charge in [-0.25, -0.2) is 4.39 Å². The average Bonchev–Trinajstić information content (AvgIpc) is 3.23. The molecule has 23 heavy (non-hydrogen) atoms. The topological polar surface area (TPSA) is 38.8 Å². The zero-order chi connectivity index (χ0) is 15.8. The summed E-state index contributed by atoms with van der Waals surface area (Å²) >= 11 is 0. The predicted octanol–water partition coefficient (Wildman–Crippen LogP) is 3.18. The first-order valence-electron chi connectivity index (χ1n) is 7.66. The molecule has 2 aromatic rings. The molecule has 2 heterocycles. The molecule has 1 fully saturated rings. The molecule has 2 aromatic carbocycles. The fourth-order valence-corrected chi connectivity index (χ4v) is 3.19. The number of carbonyl (C=O) groups excluding carboxylic acids is 1. The standard InChI is InChI=1S/C18H16FNO3/c19-15-4-2-1-3-14(15)18(21)20-8-7-13(10-20)12-5-6-16-17(9-12)23-11-22-16/h1-6,9,13H,7-8,10-11H2. The van der Waals surface area contributed by atoms with Crippen molar-refractivity contribution in [3.05, 3.63) is 59.4 Å². The maximum Gasteiger partial charge on any atom is 0.256 e. The number of nitrogens with zero attached hydrogens (tertiary/aromatic N) is 1. The normalized spacial score (nSPS) is 19.2. The summed E-state index contributed by atoms with van der Waals surface area (Å²) in [5.41, 5.74) is 1.26. The summed E-state index contributed by atoms with van der Waals surface area (Å²) in [6, 6.07) is 12.0. The summed E-state index contributed by atoms with van der Waals surface area (Å²) in [5.74, 6) is 1.03. The Morgan fingerprint density at radius 3 is 2.83 bits per heavy atom. The molecule has 1 atom stereocenters. The van der Waals surface area contributed by atoms with Crippen LogP contribution in [0.25, 0.3) is 0 Å². The van der Waals surface area contributed by atoms with E-state index >= 15 is 0 Å². The van der Waals surface area contributed by atoms with Gasteiger partial charge in [-0.1, -0.05) is 18.2 Å². The van der Waals surface area contributed by atoms with Crippen molar-refractivity contribution in [3.8, 4) is 11.5 Å². The second-order valence-corrected chi connectivity index (χ2v) is 5.83. The number of hydrogen-bond donors (Lipinski definition) is 0. The van der Waals surface area contributed by atoms with Crippen LogP contribution in [0.3, 0.4) is 0 Å². The fraction of sp³-hybridized carbons (Fsp3) is 0.278. The first-order chi connectivity index (χ1) is 11.2. The van der Waals surface area contributed by atoms with Crippen LogP contribution >= 0.6 is 0 Å². The lowest BCUT2D eigenvalue weighted by Gasteiger charge is -2.17. The van der Waals surface area contributed by atoms with Crippen molar-refractivity contribution in [2.24, 2.45) is 0 Å². The lowest BCUT2D eigenvalue weighted by atomic mass is 9.98. The van der Waals surface area contributed by atoms with Crippen LogP contribution in [0.5, 0.6) is 11.5 Å². The highest BCUT2D eigenvalue weighted by atomic mass is 19.1. The Hall–Kier alpha value is -2.56. The van der Waals surface area contributed by atoms with Gasteiger partial charge >= 0.3 is 0 Å². The van der Waals surface area contributed by atoms with E-state index in [1.807, 2.05) is 18.2 Å². The Morgan fingerprint density at radius 2 is 1.96 bits per heavy atom. The smallest absolute Gasteiger partial charge is 0.256 e. The molecule has 0 bridgehead atoms. The van der Waals surface area contributed by atoms with Gasteiger partial charge in [0, 0.05) is 19.0 Å². The van der Waals surface area contributed by atoms with Gasteiger partial charge in [-0.05, 0) is 36.2 Å². The molecule has 2 aliphatic rings. The third kappa shape index (κ3) is 2.52. The Kier molecular flexibility index (Phi) is 3.41. The summed E-state index contributed by atoms with van der Waals surface area (Å²) in [5, 5.41) is 0. The molecule has 1 amide bonds. The molecule has 1 saturated heterocycles. The minimum atomic E-state index is -0.468. The van der Waals surface area contributed by atoms with Gasteiger partial charge in [0.15, 0.2) is 11.5 Å². The van der Waals surface area contributed by atoms with Gasteiger partial charge in [-0.2, -0.15) is 0 Å². The second-order valence-electron chi connectivity index (χ2n) is 5.83. The van der Waals surface area contributed by atoms with Crippen molar-refractivity contribution in [3.63, 3.8) is 0 Å². The molecule has 0 aromatic heterocycles. The molecule has 5 heteroatoms. The van der Waals surface area contributed by atoms with Gasteiger partial charge < -0.3 is 14.4 Å². The molecule has 0 N–H and O–H groups in total. The lowest BCUT2D eigenvalue weighted by Crippen LogP contribution is -2.29. The number of hydrogen-bond acceptors (Lipinski definition) is 3. The minimum Gasteiger partial charge on any atom is -0.454 e. The zero-order valence-electron chi connectivity index (χ0n) is 12.5. The number of fused-ring (bicyclic) bond motifs is 1. The number of halogens is 1. The largest absolute Gasteiger partial charge is 0.454 e. The Labute approximate surface area is 133 Å². The van der Waals surface area contributed by atoms with E-state index in [4.69, 9.17) is 9.47 Å². The molecule has 118 valence electrons. The van der Waals surface area contributed by atoms with E-state index in [-0.39, 0.29) is 24.2 Å². The highest BCUT2D eigenvalue weighted by molar-refractivity contribution is 5.94. The van der Waals surface area contributed by atoms with Crippen LogP contribution in [-0.4, -0.2) is 30.7 Å². The van der Waals surface area contributed by atoms with Crippen LogP contribution in [0.2, 0.25) is 0 Å². The first kappa shape index (κ1) is 14.1. The number of ether oxygens (including phenoxy) is 2. The molecule has 2 aliphatic heterocycles. The second kappa shape index (κ2) is 5.57. The Morgan fingerprint density at radius 1 is 1.13 bits per heavy atom. The summed E-state index contributed by atoms with van der Waals surface area (Å²) in [4.78, 5) is 14.2. The number of amides is 1. The van der Waals surface area contributed by atoms with E-state index in [1.165, 1.54) is 12.1 Å². The van der Waals surface area contributed by atoms with Crippen molar-refractivity contribution < 1.29 is 18.7 Å². The molecule has 0 spiro atoms. The maximum atomic E-state index is 13.8. The molecule has 0 saturated carbocycles. The third-order valence-electron chi connectivity index (χ3n) is 4.45. The van der Waals surface area contributed by atoms with E-state index in [0.29, 0.717) is 13.1 Å². The molecule has 4 rings (SSSR count). The molecule has 1 unspecified atom stereocenters. The molecule has 0 aliphatic carbocycles. The van der Waals surface area contributed by atoms with Gasteiger partial charge in [0.05, 0.1) is 5.56 Å². The molecule has 0 radical (unpaired) electrons.